The minimum atomic E-state index is -4.31. The van der Waals surface area contributed by atoms with Crippen LogP contribution in [0.5, 0.6) is 0 Å². The van der Waals surface area contributed by atoms with E-state index in [0.717, 1.165) is 25.0 Å². The van der Waals surface area contributed by atoms with Gasteiger partial charge in [0, 0.05) is 0 Å². The Morgan fingerprint density at radius 3 is 2.35 bits per heavy atom. The fourth-order valence-electron chi connectivity index (χ4n) is 2.31. The Labute approximate surface area is 98.3 Å². The summed E-state index contributed by atoms with van der Waals surface area (Å²) in [7, 11) is 0. The fourth-order valence-corrected chi connectivity index (χ4v) is 2.31. The van der Waals surface area contributed by atoms with Crippen molar-refractivity contribution in [3.05, 3.63) is 35.4 Å². The first-order valence-electron chi connectivity index (χ1n) is 5.78. The Balaban J connectivity index is 2.15. The smallest absolute Gasteiger partial charge is 0.385 e. The molecule has 1 aliphatic carbocycles. The molecular formula is C13H15F3O. The van der Waals surface area contributed by atoms with Crippen LogP contribution < -0.4 is 0 Å². The van der Waals surface area contributed by atoms with Crippen LogP contribution in [-0.2, 0) is 11.8 Å². The zero-order valence-electron chi connectivity index (χ0n) is 9.59. The monoisotopic (exact) mass is 244 g/mol. The van der Waals surface area contributed by atoms with Crippen molar-refractivity contribution in [2.75, 3.05) is 0 Å². The van der Waals surface area contributed by atoms with E-state index in [9.17, 15) is 18.3 Å². The quantitative estimate of drug-likeness (QED) is 0.859. The normalized spacial score (nSPS) is 28.2. The molecule has 1 nitrogen and oxygen atoms in total. The Bertz CT molecular complexity index is 396. The minimum absolute atomic E-state index is 0.198. The second-order valence-corrected chi connectivity index (χ2v) is 4.69. The molecule has 0 radical (unpaired) electrons. The number of aliphatic hydroxyl groups is 1. The summed E-state index contributed by atoms with van der Waals surface area (Å²) in [4.78, 5) is 0. The largest absolute Gasteiger partial charge is 0.416 e. The molecule has 17 heavy (non-hydrogen) atoms. The second kappa shape index (κ2) is 4.02. The van der Waals surface area contributed by atoms with Crippen LogP contribution in [0.2, 0.25) is 0 Å². The fraction of sp³-hybridized carbons (Fsp3) is 0.538. The van der Waals surface area contributed by atoms with Gasteiger partial charge in [0.2, 0.25) is 0 Å². The summed E-state index contributed by atoms with van der Waals surface area (Å²) in [5, 5.41) is 10.2. The van der Waals surface area contributed by atoms with Crippen molar-refractivity contribution >= 4 is 0 Å². The van der Waals surface area contributed by atoms with E-state index in [1.165, 1.54) is 12.1 Å². The van der Waals surface area contributed by atoms with Gasteiger partial charge in [-0.25, -0.2) is 0 Å². The number of hydrogen-bond acceptors (Lipinski definition) is 1. The summed E-state index contributed by atoms with van der Waals surface area (Å²) in [6, 6.07) is 4.85. The summed E-state index contributed by atoms with van der Waals surface area (Å²) in [6.07, 6.45) is -1.76. The molecule has 1 saturated carbocycles. The van der Waals surface area contributed by atoms with Gasteiger partial charge in [0.25, 0.3) is 0 Å². The van der Waals surface area contributed by atoms with E-state index in [2.05, 4.69) is 0 Å². The number of alkyl halides is 3. The van der Waals surface area contributed by atoms with Crippen LogP contribution in [0.15, 0.2) is 24.3 Å². The van der Waals surface area contributed by atoms with E-state index in [-0.39, 0.29) is 5.92 Å². The number of rotatable bonds is 3. The Morgan fingerprint density at radius 1 is 1.29 bits per heavy atom. The Kier molecular flexibility index (Phi) is 2.94. The number of halogens is 3. The van der Waals surface area contributed by atoms with Crippen molar-refractivity contribution in [2.45, 2.75) is 38.0 Å². The van der Waals surface area contributed by atoms with Crippen molar-refractivity contribution in [3.8, 4) is 0 Å². The van der Waals surface area contributed by atoms with Gasteiger partial charge in [-0.15, -0.1) is 0 Å². The highest BCUT2D eigenvalue weighted by molar-refractivity contribution is 5.33. The van der Waals surface area contributed by atoms with E-state index >= 15 is 0 Å². The van der Waals surface area contributed by atoms with Gasteiger partial charge in [0.05, 0.1) is 11.2 Å². The average Bonchev–Trinajstić information content (AvgIpc) is 2.91. The molecule has 0 saturated heterocycles. The molecule has 1 aliphatic rings. The molecule has 94 valence electrons. The zero-order chi connectivity index (χ0) is 12.7. The van der Waals surface area contributed by atoms with E-state index in [1.54, 1.807) is 0 Å². The van der Waals surface area contributed by atoms with Gasteiger partial charge in [0.1, 0.15) is 0 Å². The molecule has 0 aromatic heterocycles. The third kappa shape index (κ3) is 2.32. The predicted molar refractivity (Wildman–Crippen MR) is 58.4 cm³/mol. The third-order valence-electron chi connectivity index (χ3n) is 3.42. The molecule has 0 bridgehead atoms. The van der Waals surface area contributed by atoms with Crippen molar-refractivity contribution < 1.29 is 18.3 Å². The second-order valence-electron chi connectivity index (χ2n) is 4.69. The van der Waals surface area contributed by atoms with Gasteiger partial charge in [-0.1, -0.05) is 25.5 Å². The van der Waals surface area contributed by atoms with Crippen LogP contribution in [0, 0.1) is 5.92 Å². The average molecular weight is 244 g/mol. The maximum atomic E-state index is 12.4. The third-order valence-corrected chi connectivity index (χ3v) is 3.42. The highest BCUT2D eigenvalue weighted by atomic mass is 19.4. The van der Waals surface area contributed by atoms with Crippen LogP contribution in [-0.4, -0.2) is 5.11 Å². The highest BCUT2D eigenvalue weighted by Gasteiger charge is 2.53. The maximum absolute atomic E-state index is 12.4. The predicted octanol–water partition coefficient (Wildman–Crippen LogP) is 3.71. The Hall–Kier alpha value is -1.03. The van der Waals surface area contributed by atoms with E-state index in [4.69, 9.17) is 0 Å². The SMILES string of the molecule is CCCC1CC1(O)c1ccc(C(F)(F)F)cc1. The van der Waals surface area contributed by atoms with Gasteiger partial charge in [-0.3, -0.25) is 0 Å². The molecule has 4 heteroatoms. The summed E-state index contributed by atoms with van der Waals surface area (Å²) in [5.41, 5.74) is -0.957. The number of hydrogen-bond donors (Lipinski definition) is 1. The first-order chi connectivity index (χ1) is 7.88. The van der Waals surface area contributed by atoms with Crippen LogP contribution >= 0.6 is 0 Å². The molecule has 1 aromatic carbocycles. The van der Waals surface area contributed by atoms with Gasteiger partial charge in [0.15, 0.2) is 0 Å². The first kappa shape index (κ1) is 12.4. The van der Waals surface area contributed by atoms with E-state index in [0.29, 0.717) is 12.0 Å². The minimum Gasteiger partial charge on any atom is -0.385 e. The summed E-state index contributed by atoms with van der Waals surface area (Å²) >= 11 is 0. The van der Waals surface area contributed by atoms with Crippen LogP contribution in [0.1, 0.15) is 37.3 Å². The molecule has 0 aliphatic heterocycles. The molecule has 1 fully saturated rings. The molecule has 2 rings (SSSR count). The van der Waals surface area contributed by atoms with Crippen LogP contribution in [0.25, 0.3) is 0 Å². The molecule has 2 atom stereocenters. The van der Waals surface area contributed by atoms with E-state index in [1.807, 2.05) is 6.92 Å². The molecule has 0 spiro atoms. The lowest BCUT2D eigenvalue weighted by molar-refractivity contribution is -0.137. The summed E-state index contributed by atoms with van der Waals surface area (Å²) < 4.78 is 37.1. The van der Waals surface area contributed by atoms with Gasteiger partial charge in [-0.05, 0) is 36.5 Å². The van der Waals surface area contributed by atoms with Crippen molar-refractivity contribution in [2.24, 2.45) is 5.92 Å². The summed E-state index contributed by atoms with van der Waals surface area (Å²) in [6.45, 7) is 2.03. The van der Waals surface area contributed by atoms with Gasteiger partial charge < -0.3 is 5.11 Å². The Morgan fingerprint density at radius 2 is 1.88 bits per heavy atom. The number of benzene rings is 1. The van der Waals surface area contributed by atoms with Crippen molar-refractivity contribution in [1.29, 1.82) is 0 Å². The molecule has 2 unspecified atom stereocenters. The molecule has 0 amide bonds. The molecule has 1 N–H and O–H groups in total. The maximum Gasteiger partial charge on any atom is 0.416 e. The lowest BCUT2D eigenvalue weighted by Gasteiger charge is -2.12. The molecular weight excluding hydrogens is 229 g/mol. The zero-order valence-corrected chi connectivity index (χ0v) is 9.59. The summed E-state index contributed by atoms with van der Waals surface area (Å²) in [5.74, 6) is 0.198. The lowest BCUT2D eigenvalue weighted by Crippen LogP contribution is -2.10. The molecule has 0 heterocycles. The first-order valence-corrected chi connectivity index (χ1v) is 5.78. The topological polar surface area (TPSA) is 20.2 Å². The van der Waals surface area contributed by atoms with Crippen LogP contribution in [0.3, 0.4) is 0 Å². The lowest BCUT2D eigenvalue weighted by atomic mass is 10.0. The standard InChI is InChI=1S/C13H15F3O/c1-2-3-11-8-12(11,17)9-4-6-10(7-5-9)13(14,15)16/h4-7,11,17H,2-3,8H2,1H3. The van der Waals surface area contributed by atoms with Crippen molar-refractivity contribution in [1.82, 2.24) is 0 Å². The molecule has 1 aromatic rings. The van der Waals surface area contributed by atoms with Crippen molar-refractivity contribution in [3.63, 3.8) is 0 Å². The van der Waals surface area contributed by atoms with Gasteiger partial charge >= 0.3 is 6.18 Å². The van der Waals surface area contributed by atoms with E-state index < -0.39 is 17.3 Å². The van der Waals surface area contributed by atoms with Gasteiger partial charge in [-0.2, -0.15) is 13.2 Å². The highest BCUT2D eigenvalue weighted by Crippen LogP contribution is 2.54. The van der Waals surface area contributed by atoms with Crippen LogP contribution in [0.4, 0.5) is 13.2 Å².